The molecule has 1 aromatic heterocycles. The van der Waals surface area contributed by atoms with Crippen molar-refractivity contribution in [3.8, 4) is 5.75 Å². The van der Waals surface area contributed by atoms with E-state index in [4.69, 9.17) is 13.9 Å². The Kier molecular flexibility index (Phi) is 4.62. The third-order valence-corrected chi connectivity index (χ3v) is 6.28. The van der Waals surface area contributed by atoms with Crippen molar-refractivity contribution in [3.05, 3.63) is 66.1 Å². The Hall–Kier alpha value is -3.06. The number of furan rings is 1. The molecule has 0 unspecified atom stereocenters. The Balaban J connectivity index is 1.24. The van der Waals surface area contributed by atoms with E-state index in [1.807, 2.05) is 42.5 Å². The van der Waals surface area contributed by atoms with E-state index in [2.05, 4.69) is 5.32 Å². The van der Waals surface area contributed by atoms with E-state index in [1.54, 1.807) is 24.3 Å². The second-order valence-electron chi connectivity index (χ2n) is 8.06. The first-order valence-electron chi connectivity index (χ1n) is 10.2. The molecule has 5 rings (SSSR count). The van der Waals surface area contributed by atoms with E-state index in [0.717, 1.165) is 17.1 Å². The minimum absolute atomic E-state index is 0.0476. The summed E-state index contributed by atoms with van der Waals surface area (Å²) < 4.78 is 16.7. The van der Waals surface area contributed by atoms with Crippen LogP contribution in [-0.2, 0) is 27.3 Å². The van der Waals surface area contributed by atoms with Crippen molar-refractivity contribution in [2.75, 3.05) is 20.2 Å². The van der Waals surface area contributed by atoms with Crippen LogP contribution in [0.2, 0.25) is 0 Å². The van der Waals surface area contributed by atoms with Crippen LogP contribution in [-0.4, -0.2) is 48.6 Å². The minimum Gasteiger partial charge on any atom is -0.497 e. The standard InChI is InChI=1S/C23H24N2O5/c1-28-16-6-4-15(5-7-16)9-11-24-21(26)19-18-8-10-23(30-18)14-25(22(27)20(19)23)13-17-3-2-12-29-17/h2-8,10,12,18-20H,9,11,13-14H2,1H3,(H,24,26)/t18-,19+,20-,23-/m1/s1. The summed E-state index contributed by atoms with van der Waals surface area (Å²) in [6, 6.07) is 11.4. The molecule has 0 radical (unpaired) electrons. The van der Waals surface area contributed by atoms with Crippen LogP contribution in [0.5, 0.6) is 5.75 Å². The molecule has 2 bridgehead atoms. The van der Waals surface area contributed by atoms with Crippen molar-refractivity contribution in [1.29, 1.82) is 0 Å². The lowest BCUT2D eigenvalue weighted by Crippen LogP contribution is -2.44. The van der Waals surface area contributed by atoms with Crippen molar-refractivity contribution in [3.63, 3.8) is 0 Å². The molecule has 7 nitrogen and oxygen atoms in total. The quantitative estimate of drug-likeness (QED) is 0.708. The van der Waals surface area contributed by atoms with Gasteiger partial charge >= 0.3 is 0 Å². The Bertz CT molecular complexity index is 968. The van der Waals surface area contributed by atoms with Gasteiger partial charge in [0, 0.05) is 6.54 Å². The monoisotopic (exact) mass is 408 g/mol. The van der Waals surface area contributed by atoms with Crippen molar-refractivity contribution in [2.24, 2.45) is 11.8 Å². The van der Waals surface area contributed by atoms with Gasteiger partial charge in [0.25, 0.3) is 0 Å². The summed E-state index contributed by atoms with van der Waals surface area (Å²) in [7, 11) is 1.63. The fourth-order valence-corrected chi connectivity index (χ4v) is 4.84. The third kappa shape index (κ3) is 3.10. The maximum absolute atomic E-state index is 13.1. The Morgan fingerprint density at radius 2 is 2.13 bits per heavy atom. The predicted molar refractivity (Wildman–Crippen MR) is 108 cm³/mol. The van der Waals surface area contributed by atoms with Crippen LogP contribution >= 0.6 is 0 Å². The molecule has 3 aliphatic rings. The zero-order valence-corrected chi connectivity index (χ0v) is 16.7. The van der Waals surface area contributed by atoms with E-state index < -0.39 is 17.4 Å². The molecule has 3 aliphatic heterocycles. The van der Waals surface area contributed by atoms with Gasteiger partial charge in [-0.1, -0.05) is 24.3 Å². The average molecular weight is 408 g/mol. The van der Waals surface area contributed by atoms with Crippen LogP contribution in [0, 0.1) is 11.8 Å². The number of carbonyl (C=O) groups excluding carboxylic acids is 2. The van der Waals surface area contributed by atoms with Crippen LogP contribution in [0.25, 0.3) is 0 Å². The molecule has 7 heteroatoms. The zero-order valence-electron chi connectivity index (χ0n) is 16.7. The Morgan fingerprint density at radius 1 is 1.30 bits per heavy atom. The Morgan fingerprint density at radius 3 is 2.87 bits per heavy atom. The van der Waals surface area contributed by atoms with Gasteiger partial charge in [-0.3, -0.25) is 9.59 Å². The van der Waals surface area contributed by atoms with Gasteiger partial charge in [-0.25, -0.2) is 0 Å². The lowest BCUT2D eigenvalue weighted by atomic mass is 9.77. The van der Waals surface area contributed by atoms with Crippen molar-refractivity contribution < 1.29 is 23.5 Å². The molecule has 1 spiro atoms. The van der Waals surface area contributed by atoms with Gasteiger partial charge < -0.3 is 24.1 Å². The van der Waals surface area contributed by atoms with Gasteiger partial charge in [-0.05, 0) is 36.2 Å². The molecule has 30 heavy (non-hydrogen) atoms. The number of rotatable bonds is 7. The number of benzene rings is 1. The van der Waals surface area contributed by atoms with E-state index in [9.17, 15) is 9.59 Å². The molecule has 2 amide bonds. The zero-order chi connectivity index (χ0) is 20.7. The highest BCUT2D eigenvalue weighted by Gasteiger charge is 2.66. The van der Waals surface area contributed by atoms with Gasteiger partial charge in [0.1, 0.15) is 17.1 Å². The summed E-state index contributed by atoms with van der Waals surface area (Å²) >= 11 is 0. The molecular formula is C23H24N2O5. The lowest BCUT2D eigenvalue weighted by molar-refractivity contribution is -0.138. The van der Waals surface area contributed by atoms with Gasteiger partial charge in [-0.2, -0.15) is 0 Å². The molecule has 156 valence electrons. The molecule has 1 N–H and O–H groups in total. The SMILES string of the molecule is COc1ccc(CCNC(=O)[C@H]2[C@H]3C=C[C@]4(CN(Cc5ccco5)C(=O)[C@@H]24)O3)cc1. The van der Waals surface area contributed by atoms with Gasteiger partial charge in [0.2, 0.25) is 11.8 Å². The summed E-state index contributed by atoms with van der Waals surface area (Å²) in [5, 5.41) is 3.00. The predicted octanol–water partition coefficient (Wildman–Crippen LogP) is 1.93. The summed E-state index contributed by atoms with van der Waals surface area (Å²) in [4.78, 5) is 27.9. The van der Waals surface area contributed by atoms with Crippen molar-refractivity contribution >= 4 is 11.8 Å². The Labute approximate surface area is 174 Å². The van der Waals surface area contributed by atoms with Crippen LogP contribution in [0.1, 0.15) is 11.3 Å². The smallest absolute Gasteiger partial charge is 0.230 e. The maximum atomic E-state index is 13.1. The fraction of sp³-hybridized carbons (Fsp3) is 0.391. The third-order valence-electron chi connectivity index (χ3n) is 6.28. The van der Waals surface area contributed by atoms with Crippen molar-refractivity contribution in [1.82, 2.24) is 10.2 Å². The average Bonchev–Trinajstić information content (AvgIpc) is 3.52. The number of nitrogens with one attached hydrogen (secondary N) is 1. The van der Waals surface area contributed by atoms with Crippen molar-refractivity contribution in [2.45, 2.75) is 24.7 Å². The molecular weight excluding hydrogens is 384 g/mol. The van der Waals surface area contributed by atoms with Gasteiger partial charge in [-0.15, -0.1) is 0 Å². The van der Waals surface area contributed by atoms with E-state index in [1.165, 1.54) is 0 Å². The number of hydrogen-bond donors (Lipinski definition) is 1. The van der Waals surface area contributed by atoms with Crippen LogP contribution in [0.4, 0.5) is 0 Å². The second-order valence-corrected chi connectivity index (χ2v) is 8.06. The first kappa shape index (κ1) is 18.9. The molecule has 1 aromatic carbocycles. The number of fused-ring (bicyclic) bond motifs is 1. The van der Waals surface area contributed by atoms with Crippen LogP contribution < -0.4 is 10.1 Å². The maximum Gasteiger partial charge on any atom is 0.230 e. The minimum atomic E-state index is -0.702. The molecule has 0 aliphatic carbocycles. The summed E-state index contributed by atoms with van der Waals surface area (Å²) in [5.74, 6) is 0.367. The summed E-state index contributed by atoms with van der Waals surface area (Å²) in [6.45, 7) is 1.33. The number of hydrogen-bond acceptors (Lipinski definition) is 5. The van der Waals surface area contributed by atoms with Crippen LogP contribution in [0.15, 0.2) is 59.2 Å². The lowest BCUT2D eigenvalue weighted by Gasteiger charge is -2.23. The molecule has 2 aromatic rings. The summed E-state index contributed by atoms with van der Waals surface area (Å²) in [5.41, 5.74) is 0.407. The van der Waals surface area contributed by atoms with Gasteiger partial charge in [0.05, 0.1) is 44.4 Å². The van der Waals surface area contributed by atoms with E-state index >= 15 is 0 Å². The molecule has 2 saturated heterocycles. The fourth-order valence-electron chi connectivity index (χ4n) is 4.84. The van der Waals surface area contributed by atoms with Gasteiger partial charge in [0.15, 0.2) is 0 Å². The van der Waals surface area contributed by atoms with Crippen LogP contribution in [0.3, 0.4) is 0 Å². The first-order valence-corrected chi connectivity index (χ1v) is 10.2. The molecule has 4 heterocycles. The topological polar surface area (TPSA) is 81.0 Å². The largest absolute Gasteiger partial charge is 0.497 e. The highest BCUT2D eigenvalue weighted by Crippen LogP contribution is 2.52. The van der Waals surface area contributed by atoms with E-state index in [-0.39, 0.29) is 17.9 Å². The number of methoxy groups -OCH3 is 1. The summed E-state index contributed by atoms with van der Waals surface area (Å²) in [6.07, 6.45) is 5.84. The van der Waals surface area contributed by atoms with E-state index in [0.29, 0.717) is 26.1 Å². The molecule has 0 saturated carbocycles. The highest BCUT2D eigenvalue weighted by molar-refractivity contribution is 5.93. The number of likely N-dealkylation sites (tertiary alicyclic amines) is 1. The first-order chi connectivity index (χ1) is 14.6. The molecule has 4 atom stereocenters. The second kappa shape index (κ2) is 7.32. The molecule has 2 fully saturated rings. The number of amides is 2. The normalized spacial score (nSPS) is 28.8. The number of nitrogens with zero attached hydrogens (tertiary/aromatic N) is 1. The highest BCUT2D eigenvalue weighted by atomic mass is 16.5. The number of carbonyl (C=O) groups is 2. The number of ether oxygens (including phenoxy) is 2.